The van der Waals surface area contributed by atoms with Crippen molar-refractivity contribution in [2.24, 2.45) is 0 Å². The Morgan fingerprint density at radius 2 is 1.97 bits per heavy atom. The number of para-hydroxylation sites is 1. The molecule has 1 aromatic carbocycles. The normalized spacial score (nSPS) is 15.6. The Morgan fingerprint density at radius 3 is 2.58 bits per heavy atom. The van der Waals surface area contributed by atoms with Crippen molar-refractivity contribution in [3.8, 4) is 5.75 Å². The minimum atomic E-state index is -0.715. The number of carbonyl (C=O) groups excluding carboxylic acids is 2. The lowest BCUT2D eigenvalue weighted by atomic mass is 10.2. The molecule has 9 nitrogen and oxygen atoms in total. The Balaban J connectivity index is 2.05. The number of amides is 2. The molecule has 0 aliphatic carbocycles. The summed E-state index contributed by atoms with van der Waals surface area (Å²) in [5.41, 5.74) is 0.970. The molecule has 1 aliphatic heterocycles. The van der Waals surface area contributed by atoms with Gasteiger partial charge in [-0.15, -0.1) is 0 Å². The first-order chi connectivity index (χ1) is 15.9. The van der Waals surface area contributed by atoms with Gasteiger partial charge in [0.1, 0.15) is 17.3 Å². The van der Waals surface area contributed by atoms with Gasteiger partial charge in [-0.1, -0.05) is 29.8 Å². The number of pyridine rings is 1. The van der Waals surface area contributed by atoms with Crippen molar-refractivity contribution < 1.29 is 19.4 Å². The maximum atomic E-state index is 13.6. The first-order valence-corrected chi connectivity index (χ1v) is 10.9. The number of hydrogen-bond acceptors (Lipinski definition) is 7. The summed E-state index contributed by atoms with van der Waals surface area (Å²) < 4.78 is 6.27. The number of carbonyl (C=O) groups is 2. The van der Waals surface area contributed by atoms with Crippen LogP contribution in [0.15, 0.2) is 60.2 Å². The Labute approximate surface area is 198 Å². The molecule has 1 atom stereocenters. The first kappa shape index (κ1) is 24.3. The molecule has 176 valence electrons. The number of likely N-dealkylation sites (N-methyl/N-ethyl adjacent to an activating group) is 1. The average Bonchev–Trinajstić information content (AvgIpc) is 3.09. The lowest BCUT2D eigenvalue weighted by molar-refractivity contribution is -0.129. The monoisotopic (exact) mass is 473 g/mol. The smallest absolute Gasteiger partial charge is 0.273 e. The van der Waals surface area contributed by atoms with Crippen LogP contribution in [0.4, 0.5) is 0 Å². The Bertz CT molecular complexity index is 986. The summed E-state index contributed by atoms with van der Waals surface area (Å²) in [7, 11) is 5.01. The fourth-order valence-electron chi connectivity index (χ4n) is 3.59. The predicted molar refractivity (Wildman–Crippen MR) is 124 cm³/mol. The molecule has 0 saturated carbocycles. The van der Waals surface area contributed by atoms with E-state index in [2.05, 4.69) is 4.98 Å². The maximum Gasteiger partial charge on any atom is 0.273 e. The molecule has 2 heterocycles. The number of aliphatic hydroxyl groups excluding tert-OH is 1. The number of aromatic nitrogens is 1. The Hall–Kier alpha value is -3.30. The van der Waals surface area contributed by atoms with Crippen molar-refractivity contribution in [3.63, 3.8) is 0 Å². The molecule has 10 heteroatoms. The summed E-state index contributed by atoms with van der Waals surface area (Å²) in [5.74, 6) is 0.715. The molecule has 0 saturated heterocycles. The molecule has 1 aliphatic rings. The van der Waals surface area contributed by atoms with Gasteiger partial charge in [0.15, 0.2) is 0 Å². The molecule has 1 unspecified atom stereocenters. The van der Waals surface area contributed by atoms with E-state index in [1.54, 1.807) is 49.3 Å². The molecule has 0 fully saturated rings. The van der Waals surface area contributed by atoms with Crippen molar-refractivity contribution in [2.75, 3.05) is 34.3 Å². The van der Waals surface area contributed by atoms with Crippen LogP contribution in [-0.2, 0) is 16.1 Å². The van der Waals surface area contributed by atoms with Crippen molar-refractivity contribution in [3.05, 3.63) is 70.9 Å². The number of nitrogens with zero attached hydrogens (tertiary/aromatic N) is 5. The van der Waals surface area contributed by atoms with E-state index in [9.17, 15) is 14.7 Å². The fraction of sp³-hybridized carbons (Fsp3) is 0.348. The third kappa shape index (κ3) is 5.55. The highest BCUT2D eigenvalue weighted by atomic mass is 35.5. The van der Waals surface area contributed by atoms with Gasteiger partial charge in [0.05, 0.1) is 17.3 Å². The minimum Gasteiger partial charge on any atom is -0.452 e. The molecule has 0 bridgehead atoms. The summed E-state index contributed by atoms with van der Waals surface area (Å²) in [6.07, 6.45) is 1.91. The van der Waals surface area contributed by atoms with E-state index < -0.39 is 6.35 Å². The number of hydrogen-bond donors (Lipinski definition) is 1. The highest BCUT2D eigenvalue weighted by Crippen LogP contribution is 2.33. The van der Waals surface area contributed by atoms with Gasteiger partial charge in [0.2, 0.25) is 6.41 Å². The SMILES string of the molecule is CN(C=O)C1=C(C(=O)N(C)CCCO)N(Cc2ccc(Cl)cn2)C(Oc2ccccc2)N1C. The van der Waals surface area contributed by atoms with E-state index >= 15 is 0 Å². The van der Waals surface area contributed by atoms with Gasteiger partial charge < -0.3 is 29.4 Å². The highest BCUT2D eigenvalue weighted by molar-refractivity contribution is 6.30. The Morgan fingerprint density at radius 1 is 1.24 bits per heavy atom. The topological polar surface area (TPSA) is 89.5 Å². The van der Waals surface area contributed by atoms with Crippen LogP contribution in [0.2, 0.25) is 5.02 Å². The highest BCUT2D eigenvalue weighted by Gasteiger charge is 2.43. The van der Waals surface area contributed by atoms with Gasteiger partial charge in [0, 0.05) is 40.5 Å². The second-order valence-corrected chi connectivity index (χ2v) is 8.09. The zero-order valence-electron chi connectivity index (χ0n) is 18.9. The second kappa shape index (κ2) is 11.0. The molecule has 3 rings (SSSR count). The summed E-state index contributed by atoms with van der Waals surface area (Å²) >= 11 is 6.00. The lowest BCUT2D eigenvalue weighted by Crippen LogP contribution is -2.45. The van der Waals surface area contributed by atoms with Gasteiger partial charge in [0.25, 0.3) is 12.3 Å². The number of aliphatic hydroxyl groups is 1. The Kier molecular flexibility index (Phi) is 8.13. The van der Waals surface area contributed by atoms with Crippen LogP contribution in [0.3, 0.4) is 0 Å². The van der Waals surface area contributed by atoms with Crippen LogP contribution in [0.5, 0.6) is 5.75 Å². The summed E-state index contributed by atoms with van der Waals surface area (Å²) in [6, 6.07) is 12.8. The van der Waals surface area contributed by atoms with Crippen LogP contribution >= 0.6 is 11.6 Å². The lowest BCUT2D eigenvalue weighted by Gasteiger charge is -2.33. The molecule has 33 heavy (non-hydrogen) atoms. The maximum absolute atomic E-state index is 13.6. The van der Waals surface area contributed by atoms with Gasteiger partial charge >= 0.3 is 0 Å². The third-order valence-electron chi connectivity index (χ3n) is 5.23. The summed E-state index contributed by atoms with van der Waals surface area (Å²) in [4.78, 5) is 36.1. The van der Waals surface area contributed by atoms with E-state index in [0.29, 0.717) is 47.4 Å². The van der Waals surface area contributed by atoms with Crippen LogP contribution in [0.1, 0.15) is 12.1 Å². The van der Waals surface area contributed by atoms with Gasteiger partial charge in [-0.05, 0) is 30.7 Å². The molecule has 1 aromatic heterocycles. The van der Waals surface area contributed by atoms with Crippen molar-refractivity contribution in [2.45, 2.75) is 19.3 Å². The standard InChI is InChI=1S/C23H28ClN5O4/c1-26(12-7-13-30)22(32)20-21(27(2)16-31)28(3)23(33-19-8-5-4-6-9-19)29(20)15-18-11-10-17(24)14-25-18/h4-6,8-11,14,16,23,30H,7,12-13,15H2,1-3H3. The van der Waals surface area contributed by atoms with Crippen LogP contribution in [0, 0.1) is 0 Å². The zero-order chi connectivity index (χ0) is 24.0. The van der Waals surface area contributed by atoms with Crippen LogP contribution < -0.4 is 4.74 Å². The van der Waals surface area contributed by atoms with Crippen LogP contribution in [0.25, 0.3) is 0 Å². The molecular weight excluding hydrogens is 446 g/mol. The molecule has 2 amide bonds. The number of halogens is 1. The first-order valence-electron chi connectivity index (χ1n) is 10.5. The van der Waals surface area contributed by atoms with Crippen LogP contribution in [-0.4, -0.2) is 82.7 Å². The fourth-order valence-corrected chi connectivity index (χ4v) is 3.70. The zero-order valence-corrected chi connectivity index (χ0v) is 19.6. The number of ether oxygens (including phenoxy) is 1. The number of rotatable bonds is 10. The van der Waals surface area contributed by atoms with E-state index in [4.69, 9.17) is 16.3 Å². The van der Waals surface area contributed by atoms with E-state index in [1.807, 2.05) is 30.3 Å². The second-order valence-electron chi connectivity index (χ2n) is 7.66. The quantitative estimate of drug-likeness (QED) is 0.527. The van der Waals surface area contributed by atoms with Crippen molar-refractivity contribution in [1.82, 2.24) is 24.6 Å². The molecule has 1 N–H and O–H groups in total. The van der Waals surface area contributed by atoms with Crippen molar-refractivity contribution in [1.29, 1.82) is 0 Å². The summed E-state index contributed by atoms with van der Waals surface area (Å²) in [5, 5.41) is 9.70. The minimum absolute atomic E-state index is 0.0319. The molecule has 0 radical (unpaired) electrons. The predicted octanol–water partition coefficient (Wildman–Crippen LogP) is 1.94. The van der Waals surface area contributed by atoms with Gasteiger partial charge in [-0.3, -0.25) is 14.6 Å². The van der Waals surface area contributed by atoms with Gasteiger partial charge in [-0.25, -0.2) is 0 Å². The molecule has 2 aromatic rings. The molecular formula is C23H28ClN5O4. The van der Waals surface area contributed by atoms with E-state index in [1.165, 1.54) is 9.80 Å². The summed E-state index contributed by atoms with van der Waals surface area (Å²) in [6.45, 7) is 0.567. The average molecular weight is 474 g/mol. The van der Waals surface area contributed by atoms with Gasteiger partial charge in [-0.2, -0.15) is 0 Å². The molecule has 0 spiro atoms. The largest absolute Gasteiger partial charge is 0.452 e. The number of benzene rings is 1. The van der Waals surface area contributed by atoms with E-state index in [0.717, 1.165) is 0 Å². The third-order valence-corrected chi connectivity index (χ3v) is 5.45. The van der Waals surface area contributed by atoms with E-state index in [-0.39, 0.29) is 19.1 Å². The van der Waals surface area contributed by atoms with Crippen molar-refractivity contribution >= 4 is 23.9 Å².